The van der Waals surface area contributed by atoms with E-state index in [1.807, 2.05) is 0 Å². The molecule has 0 heterocycles. The van der Waals surface area contributed by atoms with Crippen molar-refractivity contribution in [1.29, 1.82) is 0 Å². The van der Waals surface area contributed by atoms with Crippen LogP contribution in [0.4, 0.5) is 0 Å². The summed E-state index contributed by atoms with van der Waals surface area (Å²) in [5.74, 6) is 1.05. The van der Waals surface area contributed by atoms with Gasteiger partial charge in [0.05, 0.1) is 5.56 Å². The van der Waals surface area contributed by atoms with E-state index in [0.717, 1.165) is 18.4 Å². The van der Waals surface area contributed by atoms with Crippen LogP contribution in [0.5, 0.6) is 5.75 Å². The number of phenolic OH excluding ortho intramolecular Hbond substituents is 1. The zero-order valence-electron chi connectivity index (χ0n) is 19.5. The number of aromatic carboxylic acids is 1. The van der Waals surface area contributed by atoms with Gasteiger partial charge in [0.1, 0.15) is 5.75 Å². The van der Waals surface area contributed by atoms with Gasteiger partial charge in [-0.25, -0.2) is 4.79 Å². The first kappa shape index (κ1) is 22.9. The highest BCUT2D eigenvalue weighted by Crippen LogP contribution is 2.63. The predicted octanol–water partition coefficient (Wildman–Crippen LogP) is 7.24. The molecule has 2 fully saturated rings. The zero-order chi connectivity index (χ0) is 22.1. The Labute approximate surface area is 182 Å². The Hall–Kier alpha value is -1.77. The van der Waals surface area contributed by atoms with Gasteiger partial charge in [0.25, 0.3) is 0 Å². The Morgan fingerprint density at radius 2 is 1.93 bits per heavy atom. The van der Waals surface area contributed by atoms with Gasteiger partial charge in [-0.1, -0.05) is 45.3 Å². The number of carbonyl (C=O) groups is 1. The lowest BCUT2D eigenvalue weighted by Gasteiger charge is -2.60. The molecule has 5 atom stereocenters. The first-order valence-corrected chi connectivity index (χ1v) is 11.8. The summed E-state index contributed by atoms with van der Waals surface area (Å²) in [4.78, 5) is 11.5. The molecule has 0 radical (unpaired) electrons. The third-order valence-corrected chi connectivity index (χ3v) is 8.58. The van der Waals surface area contributed by atoms with Crippen LogP contribution >= 0.6 is 0 Å². The normalized spacial score (nSPS) is 33.6. The molecule has 2 aliphatic carbocycles. The number of carboxylic acid groups (broad SMARTS) is 1. The molecule has 2 saturated carbocycles. The van der Waals surface area contributed by atoms with Crippen molar-refractivity contribution >= 4 is 5.97 Å². The molecule has 2 aliphatic rings. The molecule has 0 bridgehead atoms. The van der Waals surface area contributed by atoms with Crippen molar-refractivity contribution in [3.63, 3.8) is 0 Å². The van der Waals surface area contributed by atoms with Crippen LogP contribution in [-0.2, 0) is 6.42 Å². The molecule has 0 saturated heterocycles. The number of rotatable bonds is 6. The summed E-state index contributed by atoms with van der Waals surface area (Å²) in [6.07, 6.45) is 11.9. The van der Waals surface area contributed by atoms with E-state index >= 15 is 0 Å². The smallest absolute Gasteiger partial charge is 0.335 e. The summed E-state index contributed by atoms with van der Waals surface area (Å²) < 4.78 is 0. The average Bonchev–Trinajstić information content (AvgIpc) is 2.65. The van der Waals surface area contributed by atoms with Gasteiger partial charge in [-0.05, 0) is 105 Å². The maximum absolute atomic E-state index is 11.5. The second kappa shape index (κ2) is 8.77. The van der Waals surface area contributed by atoms with Gasteiger partial charge in [0.15, 0.2) is 0 Å². The van der Waals surface area contributed by atoms with Crippen molar-refractivity contribution < 1.29 is 15.0 Å². The van der Waals surface area contributed by atoms with Gasteiger partial charge in [0, 0.05) is 0 Å². The van der Waals surface area contributed by atoms with Crippen LogP contribution < -0.4 is 0 Å². The number of hydrogen-bond donors (Lipinski definition) is 2. The summed E-state index contributed by atoms with van der Waals surface area (Å²) in [5, 5.41) is 19.9. The number of phenols is 1. The van der Waals surface area contributed by atoms with Crippen LogP contribution in [-0.4, -0.2) is 16.2 Å². The SMILES string of the molecule is CC(C)=CCC[C@@]1(C)CCC[C@@]2(C)C1CCC(C)[C@@H]2Cc1cc(C(=O)O)ccc1O. The van der Waals surface area contributed by atoms with Crippen molar-refractivity contribution in [2.24, 2.45) is 28.6 Å². The van der Waals surface area contributed by atoms with E-state index in [9.17, 15) is 15.0 Å². The monoisotopic (exact) mass is 412 g/mol. The topological polar surface area (TPSA) is 57.5 Å². The third kappa shape index (κ3) is 4.45. The number of hydrogen-bond acceptors (Lipinski definition) is 2. The Balaban J connectivity index is 1.89. The maximum Gasteiger partial charge on any atom is 0.335 e. The summed E-state index contributed by atoms with van der Waals surface area (Å²) >= 11 is 0. The Kier molecular flexibility index (Phi) is 6.69. The number of aromatic hydroxyl groups is 1. The van der Waals surface area contributed by atoms with Crippen LogP contribution in [0.2, 0.25) is 0 Å². The molecule has 166 valence electrons. The molecule has 30 heavy (non-hydrogen) atoms. The van der Waals surface area contributed by atoms with Gasteiger partial charge in [-0.3, -0.25) is 0 Å². The molecule has 0 spiro atoms. The van der Waals surface area contributed by atoms with Gasteiger partial charge < -0.3 is 10.2 Å². The lowest BCUT2D eigenvalue weighted by Crippen LogP contribution is -2.52. The Morgan fingerprint density at radius 1 is 1.20 bits per heavy atom. The quantitative estimate of drug-likeness (QED) is 0.484. The van der Waals surface area contributed by atoms with E-state index in [2.05, 4.69) is 40.7 Å². The first-order valence-electron chi connectivity index (χ1n) is 11.8. The highest BCUT2D eigenvalue weighted by molar-refractivity contribution is 5.88. The Bertz CT molecular complexity index is 806. The molecular formula is C27H40O3. The number of allylic oxidation sites excluding steroid dienone is 2. The van der Waals surface area contributed by atoms with Crippen LogP contribution in [0.1, 0.15) is 95.5 Å². The second-order valence-electron chi connectivity index (χ2n) is 10.9. The van der Waals surface area contributed by atoms with Crippen molar-refractivity contribution in [3.05, 3.63) is 41.0 Å². The molecule has 3 rings (SSSR count). The van der Waals surface area contributed by atoms with Gasteiger partial charge in [0.2, 0.25) is 0 Å². The third-order valence-electron chi connectivity index (χ3n) is 8.58. The second-order valence-corrected chi connectivity index (χ2v) is 10.9. The van der Waals surface area contributed by atoms with E-state index in [1.54, 1.807) is 12.1 Å². The summed E-state index contributed by atoms with van der Waals surface area (Å²) in [7, 11) is 0. The van der Waals surface area contributed by atoms with Crippen LogP contribution in [0.15, 0.2) is 29.8 Å². The number of benzene rings is 1. The zero-order valence-corrected chi connectivity index (χ0v) is 19.5. The van der Waals surface area contributed by atoms with E-state index in [0.29, 0.717) is 23.2 Å². The van der Waals surface area contributed by atoms with Crippen molar-refractivity contribution in [3.8, 4) is 5.75 Å². The van der Waals surface area contributed by atoms with Crippen LogP contribution in [0, 0.1) is 28.6 Å². The molecule has 0 aliphatic heterocycles. The first-order chi connectivity index (χ1) is 14.1. The maximum atomic E-state index is 11.5. The fourth-order valence-corrected chi connectivity index (χ4v) is 6.96. The molecule has 0 amide bonds. The average molecular weight is 413 g/mol. The highest BCUT2D eigenvalue weighted by Gasteiger charge is 2.54. The van der Waals surface area contributed by atoms with Gasteiger partial charge in [-0.2, -0.15) is 0 Å². The summed E-state index contributed by atoms with van der Waals surface area (Å²) in [6, 6.07) is 4.74. The molecule has 1 aromatic rings. The molecular weight excluding hydrogens is 372 g/mol. The van der Waals surface area contributed by atoms with Gasteiger partial charge in [-0.15, -0.1) is 0 Å². The Morgan fingerprint density at radius 3 is 2.60 bits per heavy atom. The minimum Gasteiger partial charge on any atom is -0.508 e. The molecule has 3 nitrogen and oxygen atoms in total. The van der Waals surface area contributed by atoms with Crippen molar-refractivity contribution in [2.45, 2.75) is 86.0 Å². The molecule has 0 aromatic heterocycles. The molecule has 1 aromatic carbocycles. The summed E-state index contributed by atoms with van der Waals surface area (Å²) in [5.41, 5.74) is 3.07. The molecule has 3 heteroatoms. The van der Waals surface area contributed by atoms with E-state index in [4.69, 9.17) is 0 Å². The van der Waals surface area contributed by atoms with E-state index < -0.39 is 5.97 Å². The molecule has 2 N–H and O–H groups in total. The summed E-state index contributed by atoms with van der Waals surface area (Å²) in [6.45, 7) is 11.7. The number of fused-ring (bicyclic) bond motifs is 1. The highest BCUT2D eigenvalue weighted by atomic mass is 16.4. The minimum atomic E-state index is -0.929. The lowest BCUT2D eigenvalue weighted by atomic mass is 9.45. The molecule has 2 unspecified atom stereocenters. The van der Waals surface area contributed by atoms with Gasteiger partial charge >= 0.3 is 5.97 Å². The minimum absolute atomic E-state index is 0.236. The fourth-order valence-electron chi connectivity index (χ4n) is 6.96. The van der Waals surface area contributed by atoms with E-state index in [-0.39, 0.29) is 16.7 Å². The van der Waals surface area contributed by atoms with E-state index in [1.165, 1.54) is 50.2 Å². The van der Waals surface area contributed by atoms with Crippen LogP contribution in [0.25, 0.3) is 0 Å². The standard InChI is InChI=1S/C27H40O3/c1-18(2)8-6-13-26(4)14-7-15-27(5)22(19(3)9-12-24(26)27)17-21-16-20(25(29)30)10-11-23(21)28/h8,10-11,16,19,22,24,28H,6-7,9,12-15,17H2,1-5H3,(H,29,30)/t19?,22-,24?,26-,27+/m0/s1. The van der Waals surface area contributed by atoms with Crippen LogP contribution in [0.3, 0.4) is 0 Å². The predicted molar refractivity (Wildman–Crippen MR) is 123 cm³/mol. The largest absolute Gasteiger partial charge is 0.508 e. The van der Waals surface area contributed by atoms with Crippen molar-refractivity contribution in [1.82, 2.24) is 0 Å². The lowest BCUT2D eigenvalue weighted by molar-refractivity contribution is -0.103. The fraction of sp³-hybridized carbons (Fsp3) is 0.667. The van der Waals surface area contributed by atoms with Crippen molar-refractivity contribution in [2.75, 3.05) is 0 Å². The number of carboxylic acids is 1.